The number of amides is 1. The monoisotopic (exact) mass is 271 g/mol. The van der Waals surface area contributed by atoms with Crippen LogP contribution in [0.15, 0.2) is 47.1 Å². The molecule has 2 aromatic rings. The molecule has 2 heterocycles. The Bertz CT molecular complexity index is 554. The fourth-order valence-corrected chi connectivity index (χ4v) is 2.64. The summed E-state index contributed by atoms with van der Waals surface area (Å²) in [5.41, 5.74) is 1.21. The van der Waals surface area contributed by atoms with Gasteiger partial charge in [0, 0.05) is 30.9 Å². The molecular weight excluding hydrogens is 254 g/mol. The van der Waals surface area contributed by atoms with E-state index in [9.17, 15) is 4.79 Å². The van der Waals surface area contributed by atoms with Gasteiger partial charge >= 0.3 is 0 Å². The highest BCUT2D eigenvalue weighted by Gasteiger charge is 2.25. The molecule has 104 valence electrons. The number of hydrogen-bond donors (Lipinski definition) is 1. The lowest BCUT2D eigenvalue weighted by atomic mass is 10.2. The van der Waals surface area contributed by atoms with Gasteiger partial charge < -0.3 is 14.7 Å². The number of para-hydroxylation sites is 1. The zero-order valence-corrected chi connectivity index (χ0v) is 11.2. The summed E-state index contributed by atoms with van der Waals surface area (Å²) in [6.45, 7) is 1.65. The third kappa shape index (κ3) is 2.66. The predicted octanol–water partition coefficient (Wildman–Crippen LogP) is 2.07. The first-order valence-corrected chi connectivity index (χ1v) is 6.85. The second-order valence-electron chi connectivity index (χ2n) is 4.91. The van der Waals surface area contributed by atoms with Crippen molar-refractivity contribution in [2.45, 2.75) is 18.9 Å². The Morgan fingerprint density at radius 2 is 2.20 bits per heavy atom. The van der Waals surface area contributed by atoms with Gasteiger partial charge in [-0.2, -0.15) is 0 Å². The molecule has 0 radical (unpaired) electrons. The SMILES string of the molecule is O=C(NC[C@H]1CCCN1c1ccccc1)c1ccno1. The lowest BCUT2D eigenvalue weighted by Gasteiger charge is -2.26. The smallest absolute Gasteiger partial charge is 0.289 e. The van der Waals surface area contributed by atoms with Crippen molar-refractivity contribution in [1.29, 1.82) is 0 Å². The van der Waals surface area contributed by atoms with E-state index in [1.807, 2.05) is 18.2 Å². The standard InChI is InChI=1S/C15H17N3O2/c19-15(14-8-9-17-20-14)16-11-13-7-4-10-18(13)12-5-2-1-3-6-12/h1-3,5-6,8-9,13H,4,7,10-11H2,(H,16,19)/t13-/m1/s1. The van der Waals surface area contributed by atoms with Crippen molar-refractivity contribution >= 4 is 11.6 Å². The number of hydrogen-bond acceptors (Lipinski definition) is 4. The van der Waals surface area contributed by atoms with Gasteiger partial charge in [0.05, 0.1) is 6.20 Å². The van der Waals surface area contributed by atoms with Crippen LogP contribution in [0.5, 0.6) is 0 Å². The first-order valence-electron chi connectivity index (χ1n) is 6.85. The molecule has 1 saturated heterocycles. The van der Waals surface area contributed by atoms with Crippen LogP contribution in [-0.2, 0) is 0 Å². The van der Waals surface area contributed by atoms with Crippen molar-refractivity contribution in [2.75, 3.05) is 18.0 Å². The normalized spacial score (nSPS) is 18.2. The molecule has 1 amide bonds. The molecule has 0 unspecified atom stereocenters. The zero-order chi connectivity index (χ0) is 13.8. The minimum Gasteiger partial charge on any atom is -0.367 e. The van der Waals surface area contributed by atoms with Crippen LogP contribution < -0.4 is 10.2 Å². The van der Waals surface area contributed by atoms with Gasteiger partial charge in [-0.1, -0.05) is 23.4 Å². The molecule has 1 aromatic heterocycles. The van der Waals surface area contributed by atoms with Gasteiger partial charge in [0.1, 0.15) is 0 Å². The van der Waals surface area contributed by atoms with Gasteiger partial charge in [-0.25, -0.2) is 0 Å². The van der Waals surface area contributed by atoms with E-state index in [1.54, 1.807) is 6.07 Å². The van der Waals surface area contributed by atoms with E-state index in [-0.39, 0.29) is 11.7 Å². The maximum absolute atomic E-state index is 11.8. The molecule has 5 nitrogen and oxygen atoms in total. The molecule has 1 N–H and O–H groups in total. The van der Waals surface area contributed by atoms with Crippen LogP contribution in [0.1, 0.15) is 23.4 Å². The van der Waals surface area contributed by atoms with Gasteiger partial charge in [-0.15, -0.1) is 0 Å². The Morgan fingerprint density at radius 3 is 2.95 bits per heavy atom. The van der Waals surface area contributed by atoms with Crippen molar-refractivity contribution in [1.82, 2.24) is 10.5 Å². The summed E-state index contributed by atoms with van der Waals surface area (Å²) >= 11 is 0. The van der Waals surface area contributed by atoms with Gasteiger partial charge in [-0.05, 0) is 25.0 Å². The van der Waals surface area contributed by atoms with Crippen LogP contribution in [-0.4, -0.2) is 30.2 Å². The number of aromatic nitrogens is 1. The van der Waals surface area contributed by atoms with E-state index >= 15 is 0 Å². The summed E-state index contributed by atoms with van der Waals surface area (Å²) in [5, 5.41) is 6.45. The van der Waals surface area contributed by atoms with Gasteiger partial charge in [0.25, 0.3) is 5.91 Å². The second-order valence-corrected chi connectivity index (χ2v) is 4.91. The molecule has 0 saturated carbocycles. The molecule has 0 spiro atoms. The Kier molecular flexibility index (Phi) is 3.67. The molecule has 1 aliphatic heterocycles. The maximum atomic E-state index is 11.8. The van der Waals surface area contributed by atoms with E-state index in [4.69, 9.17) is 4.52 Å². The van der Waals surface area contributed by atoms with E-state index in [1.165, 1.54) is 11.9 Å². The summed E-state index contributed by atoms with van der Waals surface area (Å²) in [6, 6.07) is 12.2. The third-order valence-corrected chi connectivity index (χ3v) is 3.62. The van der Waals surface area contributed by atoms with Crippen LogP contribution in [0.25, 0.3) is 0 Å². The van der Waals surface area contributed by atoms with E-state index in [2.05, 4.69) is 27.5 Å². The first kappa shape index (κ1) is 12.7. The highest BCUT2D eigenvalue weighted by Crippen LogP contribution is 2.24. The largest absolute Gasteiger partial charge is 0.367 e. The van der Waals surface area contributed by atoms with Crippen LogP contribution in [0.4, 0.5) is 5.69 Å². The number of rotatable bonds is 4. The van der Waals surface area contributed by atoms with Crippen molar-refractivity contribution in [3.63, 3.8) is 0 Å². The van der Waals surface area contributed by atoms with Crippen LogP contribution in [0, 0.1) is 0 Å². The molecule has 0 aliphatic carbocycles. The fourth-order valence-electron chi connectivity index (χ4n) is 2.64. The summed E-state index contributed by atoms with van der Waals surface area (Å²) in [6.07, 6.45) is 3.71. The predicted molar refractivity (Wildman–Crippen MR) is 75.6 cm³/mol. The fraction of sp³-hybridized carbons (Fsp3) is 0.333. The number of benzene rings is 1. The topological polar surface area (TPSA) is 58.4 Å². The van der Waals surface area contributed by atoms with Gasteiger partial charge in [0.2, 0.25) is 5.76 Å². The van der Waals surface area contributed by atoms with Crippen molar-refractivity contribution in [2.24, 2.45) is 0 Å². The minimum absolute atomic E-state index is 0.206. The molecule has 20 heavy (non-hydrogen) atoms. The summed E-state index contributed by atoms with van der Waals surface area (Å²) < 4.78 is 4.85. The number of carbonyl (C=O) groups is 1. The number of carbonyl (C=O) groups excluding carboxylic acids is 1. The molecule has 3 rings (SSSR count). The van der Waals surface area contributed by atoms with Crippen LogP contribution in [0.3, 0.4) is 0 Å². The molecule has 0 bridgehead atoms. The van der Waals surface area contributed by atoms with Crippen molar-refractivity contribution in [3.8, 4) is 0 Å². The van der Waals surface area contributed by atoms with E-state index in [0.29, 0.717) is 12.6 Å². The zero-order valence-electron chi connectivity index (χ0n) is 11.2. The number of nitrogens with zero attached hydrogens (tertiary/aromatic N) is 2. The summed E-state index contributed by atoms with van der Waals surface area (Å²) in [7, 11) is 0. The Morgan fingerprint density at radius 1 is 1.35 bits per heavy atom. The number of anilines is 1. The molecule has 1 atom stereocenters. The van der Waals surface area contributed by atoms with Crippen LogP contribution >= 0.6 is 0 Å². The maximum Gasteiger partial charge on any atom is 0.289 e. The second kappa shape index (κ2) is 5.77. The average molecular weight is 271 g/mol. The highest BCUT2D eigenvalue weighted by molar-refractivity contribution is 5.91. The van der Waals surface area contributed by atoms with Gasteiger partial charge in [-0.3, -0.25) is 4.79 Å². The molecule has 5 heteroatoms. The lowest BCUT2D eigenvalue weighted by Crippen LogP contribution is -2.40. The molecular formula is C15H17N3O2. The Balaban J connectivity index is 1.61. The van der Waals surface area contributed by atoms with Crippen LogP contribution in [0.2, 0.25) is 0 Å². The third-order valence-electron chi connectivity index (χ3n) is 3.62. The first-order chi connectivity index (χ1) is 9.84. The average Bonchev–Trinajstić information content (AvgIpc) is 3.17. The Hall–Kier alpha value is -2.30. The molecule has 1 aliphatic rings. The Labute approximate surface area is 117 Å². The van der Waals surface area contributed by atoms with Gasteiger partial charge in [0.15, 0.2) is 0 Å². The van der Waals surface area contributed by atoms with Crippen molar-refractivity contribution < 1.29 is 9.32 Å². The minimum atomic E-state index is -0.206. The highest BCUT2D eigenvalue weighted by atomic mass is 16.5. The molecule has 1 aromatic carbocycles. The van der Waals surface area contributed by atoms with Crippen molar-refractivity contribution in [3.05, 3.63) is 48.4 Å². The summed E-state index contributed by atoms with van der Waals surface area (Å²) in [4.78, 5) is 14.2. The summed E-state index contributed by atoms with van der Waals surface area (Å²) in [5.74, 6) is 0.0525. The lowest BCUT2D eigenvalue weighted by molar-refractivity contribution is 0.0914. The quantitative estimate of drug-likeness (QED) is 0.925. The number of nitrogens with one attached hydrogen (secondary N) is 1. The van der Waals surface area contributed by atoms with E-state index in [0.717, 1.165) is 19.4 Å². The molecule has 1 fully saturated rings. The van der Waals surface area contributed by atoms with E-state index < -0.39 is 0 Å².